The maximum absolute atomic E-state index is 2.58. The molecule has 35 heavy (non-hydrogen) atoms. The average Bonchev–Trinajstić information content (AvgIpc) is 2.99. The van der Waals surface area contributed by atoms with E-state index >= 15 is 0 Å². The maximum Gasteiger partial charge on any atom is 0.249 e. The zero-order valence-electron chi connectivity index (χ0n) is 22.9. The van der Waals surface area contributed by atoms with E-state index in [0.717, 1.165) is 17.8 Å². The molecule has 0 saturated heterocycles. The molecule has 1 aromatic heterocycles. The molecule has 0 aliphatic heterocycles. The van der Waals surface area contributed by atoms with E-state index in [2.05, 4.69) is 86.6 Å². The van der Waals surface area contributed by atoms with Gasteiger partial charge >= 0.3 is 0 Å². The summed E-state index contributed by atoms with van der Waals surface area (Å²) in [5, 5.41) is 0. The number of hydrogen-bond acceptors (Lipinski definition) is 0. The zero-order chi connectivity index (χ0) is 24.6. The van der Waals surface area contributed by atoms with Crippen LogP contribution >= 0.6 is 0 Å². The van der Waals surface area contributed by atoms with Crippen molar-refractivity contribution in [2.24, 2.45) is 13.0 Å². The fraction of sp³-hybridized carbons (Fsp3) is 0.606. The fourth-order valence-electron chi connectivity index (χ4n) is 7.21. The first-order valence-corrected chi connectivity index (χ1v) is 14.6. The van der Waals surface area contributed by atoms with Crippen molar-refractivity contribution in [3.05, 3.63) is 59.4 Å². The molecule has 2 heteroatoms. The minimum atomic E-state index is 0.238. The molecule has 1 fully saturated rings. The lowest BCUT2D eigenvalue weighted by molar-refractivity contribution is -0.645. The maximum atomic E-state index is 2.58. The molecule has 3 aromatic rings. The van der Waals surface area contributed by atoms with Crippen LogP contribution in [0.2, 0.25) is 0 Å². The van der Waals surface area contributed by atoms with Crippen molar-refractivity contribution in [3.63, 3.8) is 0 Å². The molecule has 2 bridgehead atoms. The monoisotopic (exact) mass is 471 g/mol. The van der Waals surface area contributed by atoms with E-state index in [0.29, 0.717) is 0 Å². The number of fused-ring (bicyclic) bond motifs is 4. The number of nitrogens with zero attached hydrogens (tertiary/aromatic N) is 2. The molecule has 0 radical (unpaired) electrons. The summed E-state index contributed by atoms with van der Waals surface area (Å²) in [7, 11) is 2.22. The quantitative estimate of drug-likeness (QED) is 0.218. The second-order valence-electron chi connectivity index (χ2n) is 12.3. The summed E-state index contributed by atoms with van der Waals surface area (Å²) in [6, 6.07) is 14.6. The Balaban J connectivity index is 1.49. The van der Waals surface area contributed by atoms with Gasteiger partial charge in [0, 0.05) is 0 Å². The third-order valence-corrected chi connectivity index (χ3v) is 9.49. The van der Waals surface area contributed by atoms with E-state index in [1.54, 1.807) is 11.1 Å². The molecule has 0 amide bonds. The van der Waals surface area contributed by atoms with Crippen molar-refractivity contribution in [3.8, 4) is 5.69 Å². The highest BCUT2D eigenvalue weighted by Crippen LogP contribution is 2.51. The number of aromatic nitrogens is 2. The summed E-state index contributed by atoms with van der Waals surface area (Å²) >= 11 is 0. The summed E-state index contributed by atoms with van der Waals surface area (Å²) in [5.74, 6) is 2.42. The highest BCUT2D eigenvalue weighted by molar-refractivity contribution is 5.77. The Kier molecular flexibility index (Phi) is 7.11. The van der Waals surface area contributed by atoms with E-state index in [1.165, 1.54) is 92.9 Å². The number of rotatable bonds is 9. The summed E-state index contributed by atoms with van der Waals surface area (Å²) < 4.78 is 4.77. The summed E-state index contributed by atoms with van der Waals surface area (Å²) in [6.45, 7) is 9.44. The zero-order valence-corrected chi connectivity index (χ0v) is 22.9. The second-order valence-corrected chi connectivity index (χ2v) is 12.3. The third kappa shape index (κ3) is 4.70. The number of benzene rings is 2. The number of unbranched alkanes of at least 4 members (excludes halogenated alkanes) is 3. The van der Waals surface area contributed by atoms with Gasteiger partial charge < -0.3 is 0 Å². The van der Waals surface area contributed by atoms with Gasteiger partial charge in [0.25, 0.3) is 0 Å². The van der Waals surface area contributed by atoms with Crippen LogP contribution in [0.4, 0.5) is 0 Å². The van der Waals surface area contributed by atoms with Crippen LogP contribution in [-0.4, -0.2) is 4.57 Å². The highest BCUT2D eigenvalue weighted by Gasteiger charge is 2.37. The van der Waals surface area contributed by atoms with Crippen LogP contribution in [0, 0.1) is 5.92 Å². The first-order valence-electron chi connectivity index (χ1n) is 14.6. The second kappa shape index (κ2) is 10.1. The van der Waals surface area contributed by atoms with E-state index in [4.69, 9.17) is 0 Å². The Morgan fingerprint density at radius 2 is 1.63 bits per heavy atom. The molecular weight excluding hydrogens is 424 g/mol. The van der Waals surface area contributed by atoms with Crippen LogP contribution in [0.3, 0.4) is 0 Å². The Morgan fingerprint density at radius 3 is 2.37 bits per heavy atom. The third-order valence-electron chi connectivity index (χ3n) is 9.49. The molecule has 1 heterocycles. The lowest BCUT2D eigenvalue weighted by Gasteiger charge is -2.30. The summed E-state index contributed by atoms with van der Waals surface area (Å²) in [4.78, 5) is 0. The van der Waals surface area contributed by atoms with E-state index in [-0.39, 0.29) is 5.41 Å². The van der Waals surface area contributed by atoms with Gasteiger partial charge in [0.05, 0.1) is 7.05 Å². The van der Waals surface area contributed by atoms with E-state index in [1.807, 2.05) is 0 Å². The predicted molar refractivity (Wildman–Crippen MR) is 149 cm³/mol. The topological polar surface area (TPSA) is 8.81 Å². The molecule has 3 unspecified atom stereocenters. The standard InChI is InChI=1S/C33H47N2/c1-6-8-10-20-33(3,4)26-15-17-27(18-16-26)35-23-34(5)31-22-30-28-19-14-25(29(30)21-32(31)35)13-12-24(28)11-9-7-2/h15-18,21-25,28H,6-14,19-20H2,1-5H3/q+1. The minimum absolute atomic E-state index is 0.238. The molecule has 188 valence electrons. The Labute approximate surface area is 213 Å². The number of imidazole rings is 1. The van der Waals surface area contributed by atoms with Gasteiger partial charge in [-0.3, -0.25) is 0 Å². The fourth-order valence-corrected chi connectivity index (χ4v) is 7.21. The van der Waals surface area contributed by atoms with Gasteiger partial charge in [0.1, 0.15) is 5.69 Å². The molecule has 0 N–H and O–H groups in total. The first kappa shape index (κ1) is 24.6. The van der Waals surface area contributed by atoms with Crippen molar-refractivity contribution in [2.45, 2.75) is 116 Å². The largest absolute Gasteiger partial charge is 0.249 e. The minimum Gasteiger partial charge on any atom is -0.232 e. The van der Waals surface area contributed by atoms with Gasteiger partial charge in [-0.2, -0.15) is 4.57 Å². The van der Waals surface area contributed by atoms with Crippen molar-refractivity contribution in [1.82, 2.24) is 4.57 Å². The molecule has 3 aliphatic rings. The van der Waals surface area contributed by atoms with Gasteiger partial charge in [-0.25, -0.2) is 4.57 Å². The molecule has 2 nitrogen and oxygen atoms in total. The van der Waals surface area contributed by atoms with Crippen LogP contribution < -0.4 is 4.57 Å². The van der Waals surface area contributed by atoms with Gasteiger partial charge in [0.15, 0.2) is 11.0 Å². The Morgan fingerprint density at radius 1 is 0.886 bits per heavy atom. The molecular formula is C33H47N2+. The van der Waals surface area contributed by atoms with Crippen LogP contribution in [-0.2, 0) is 12.5 Å². The molecule has 6 rings (SSSR count). The Hall–Kier alpha value is -2.09. The number of hydrogen-bond donors (Lipinski definition) is 0. The van der Waals surface area contributed by atoms with Crippen molar-refractivity contribution < 1.29 is 4.57 Å². The summed E-state index contributed by atoms with van der Waals surface area (Å²) in [6.07, 6.45) is 17.2. The normalized spacial score (nSPS) is 21.9. The van der Waals surface area contributed by atoms with Gasteiger partial charge in [-0.05, 0) is 103 Å². The Bertz CT molecular complexity index is 1150. The van der Waals surface area contributed by atoms with E-state index < -0.39 is 0 Å². The average molecular weight is 472 g/mol. The SMILES string of the molecule is CCCCCC(C)(C)c1ccc(-n2c[n+](C)c3cc4c(cc32)C2CCC(CCCC)C4CC2)cc1. The van der Waals surface area contributed by atoms with Crippen LogP contribution in [0.1, 0.15) is 127 Å². The highest BCUT2D eigenvalue weighted by atomic mass is 15.1. The first-order chi connectivity index (χ1) is 16.9. The van der Waals surface area contributed by atoms with Crippen molar-refractivity contribution in [2.75, 3.05) is 0 Å². The molecule has 2 aromatic carbocycles. The lowest BCUT2D eigenvalue weighted by atomic mass is 9.74. The molecule has 3 aliphatic carbocycles. The van der Waals surface area contributed by atoms with Gasteiger partial charge in [-0.15, -0.1) is 0 Å². The predicted octanol–water partition coefficient (Wildman–Crippen LogP) is 8.87. The van der Waals surface area contributed by atoms with Crippen LogP contribution in [0.5, 0.6) is 0 Å². The van der Waals surface area contributed by atoms with Gasteiger partial charge in [-0.1, -0.05) is 71.9 Å². The van der Waals surface area contributed by atoms with Crippen LogP contribution in [0.25, 0.3) is 16.7 Å². The van der Waals surface area contributed by atoms with Gasteiger partial charge in [0.2, 0.25) is 6.33 Å². The van der Waals surface area contributed by atoms with Crippen LogP contribution in [0.15, 0.2) is 42.7 Å². The molecule has 1 saturated carbocycles. The smallest absolute Gasteiger partial charge is 0.232 e. The lowest BCUT2D eigenvalue weighted by Crippen LogP contribution is -2.26. The van der Waals surface area contributed by atoms with Crippen molar-refractivity contribution in [1.29, 1.82) is 0 Å². The number of aryl methyl sites for hydroxylation is 1. The van der Waals surface area contributed by atoms with Crippen molar-refractivity contribution >= 4 is 11.0 Å². The summed E-state index contributed by atoms with van der Waals surface area (Å²) in [5.41, 5.74) is 9.09. The molecule has 0 spiro atoms. The van der Waals surface area contributed by atoms with E-state index in [9.17, 15) is 0 Å². The molecule has 3 atom stereocenters.